The van der Waals surface area contributed by atoms with Gasteiger partial charge in [0.05, 0.1) is 13.2 Å². The van der Waals surface area contributed by atoms with Crippen molar-refractivity contribution in [3.63, 3.8) is 0 Å². The van der Waals surface area contributed by atoms with Gasteiger partial charge in [-0.15, -0.1) is 5.92 Å². The topological polar surface area (TPSA) is 58.3 Å². The molecule has 0 spiro atoms. The third kappa shape index (κ3) is 8.45. The first-order valence-electron chi connectivity index (χ1n) is 3.29. The Labute approximate surface area is 93.0 Å². The summed E-state index contributed by atoms with van der Waals surface area (Å²) in [5.74, 6) is 5.56. The van der Waals surface area contributed by atoms with Gasteiger partial charge >= 0.3 is 0 Å². The number of likely N-dealkylation sites (N-methyl/N-ethyl adjacent to an activating group) is 1. The van der Waals surface area contributed by atoms with Crippen LogP contribution in [0, 0.1) is 11.8 Å². The maximum Gasteiger partial charge on any atom is 0.0593 e. The zero-order chi connectivity index (χ0) is 7.82. The van der Waals surface area contributed by atoms with Gasteiger partial charge in [0.2, 0.25) is 0 Å². The zero-order valence-corrected chi connectivity index (χ0v) is 9.64. The van der Waals surface area contributed by atoms with Gasteiger partial charge in [0.15, 0.2) is 0 Å². The molecule has 1 radical (unpaired) electrons. The van der Waals surface area contributed by atoms with Crippen molar-refractivity contribution in [1.29, 1.82) is 0 Å². The molecule has 4 N–H and O–H groups in total. The van der Waals surface area contributed by atoms with E-state index in [2.05, 4.69) is 17.2 Å². The summed E-state index contributed by atoms with van der Waals surface area (Å²) in [4.78, 5) is 0. The van der Waals surface area contributed by atoms with E-state index in [1.807, 2.05) is 0 Å². The number of aliphatic hydroxyl groups is 1. The molecular weight excluding hydrogens is 217 g/mol. The normalized spacial score (nSPS) is 10.8. The van der Waals surface area contributed by atoms with E-state index < -0.39 is 0 Å². The van der Waals surface area contributed by atoms with Crippen LogP contribution in [-0.4, -0.2) is 31.3 Å². The van der Waals surface area contributed by atoms with Crippen LogP contribution in [-0.2, 0) is 32.7 Å². The monoisotopic (exact) mass is 231 g/mol. The molecule has 0 amide bonds. The van der Waals surface area contributed by atoms with Crippen LogP contribution in [0.5, 0.6) is 0 Å². The van der Waals surface area contributed by atoms with Gasteiger partial charge in [-0.1, -0.05) is 5.92 Å². The molecular formula is C7H14N2OY. The standard InChI is InChI=1S/C7H14N2O.Y/c1-9-7(6-10)4-2-3-5-8;/h7,9-10H,4-6,8H2,1H3;. The van der Waals surface area contributed by atoms with E-state index in [0.29, 0.717) is 13.0 Å². The van der Waals surface area contributed by atoms with Crippen molar-refractivity contribution >= 4 is 0 Å². The summed E-state index contributed by atoms with van der Waals surface area (Å²) in [5, 5.41) is 11.6. The largest absolute Gasteiger partial charge is 0.395 e. The maximum atomic E-state index is 8.66. The van der Waals surface area contributed by atoms with Gasteiger partial charge in [0.1, 0.15) is 0 Å². The van der Waals surface area contributed by atoms with Gasteiger partial charge in [0, 0.05) is 45.2 Å². The van der Waals surface area contributed by atoms with Crippen LogP contribution in [0.4, 0.5) is 0 Å². The Kier molecular flexibility index (Phi) is 13.5. The Morgan fingerprint density at radius 3 is 2.55 bits per heavy atom. The molecule has 1 unspecified atom stereocenters. The van der Waals surface area contributed by atoms with Crippen LogP contribution in [0.25, 0.3) is 0 Å². The van der Waals surface area contributed by atoms with E-state index in [-0.39, 0.29) is 45.4 Å². The first-order chi connectivity index (χ1) is 4.85. The van der Waals surface area contributed by atoms with Crippen LogP contribution in [0.1, 0.15) is 6.42 Å². The summed E-state index contributed by atoms with van der Waals surface area (Å²) >= 11 is 0. The minimum Gasteiger partial charge on any atom is -0.395 e. The molecule has 0 aromatic carbocycles. The summed E-state index contributed by atoms with van der Waals surface area (Å²) in [6.07, 6.45) is 0.657. The average molecular weight is 231 g/mol. The van der Waals surface area contributed by atoms with Crippen LogP contribution < -0.4 is 11.1 Å². The molecule has 0 saturated heterocycles. The van der Waals surface area contributed by atoms with Crippen molar-refractivity contribution in [2.75, 3.05) is 20.2 Å². The van der Waals surface area contributed by atoms with Gasteiger partial charge in [-0.2, -0.15) is 0 Å². The number of hydrogen-bond donors (Lipinski definition) is 3. The Bertz CT molecular complexity index is 126. The number of rotatable bonds is 3. The summed E-state index contributed by atoms with van der Waals surface area (Å²) in [6, 6.07) is 0.0825. The minimum absolute atomic E-state index is 0. The summed E-state index contributed by atoms with van der Waals surface area (Å²) < 4.78 is 0. The van der Waals surface area contributed by atoms with Crippen molar-refractivity contribution in [2.45, 2.75) is 12.5 Å². The first kappa shape index (κ1) is 14.1. The van der Waals surface area contributed by atoms with Crippen molar-refractivity contribution in [1.82, 2.24) is 5.32 Å². The Balaban J connectivity index is 0. The third-order valence-corrected chi connectivity index (χ3v) is 1.20. The molecule has 11 heavy (non-hydrogen) atoms. The molecule has 4 heteroatoms. The van der Waals surface area contributed by atoms with Crippen molar-refractivity contribution in [2.24, 2.45) is 5.73 Å². The van der Waals surface area contributed by atoms with Crippen LogP contribution in [0.15, 0.2) is 0 Å². The van der Waals surface area contributed by atoms with Crippen molar-refractivity contribution in [3.8, 4) is 11.8 Å². The second-order valence-electron chi connectivity index (χ2n) is 1.93. The first-order valence-corrected chi connectivity index (χ1v) is 3.29. The predicted molar refractivity (Wildman–Crippen MR) is 41.4 cm³/mol. The Hall–Kier alpha value is 0.544. The van der Waals surface area contributed by atoms with Gasteiger partial charge < -0.3 is 16.2 Å². The molecule has 0 fully saturated rings. The molecule has 0 aliphatic rings. The second kappa shape index (κ2) is 10.5. The number of hydrogen-bond acceptors (Lipinski definition) is 3. The van der Waals surface area contributed by atoms with E-state index >= 15 is 0 Å². The number of nitrogens with two attached hydrogens (primary N) is 1. The average Bonchev–Trinajstić information content (AvgIpc) is 1.99. The number of aliphatic hydroxyl groups excluding tert-OH is 1. The van der Waals surface area contributed by atoms with E-state index in [0.717, 1.165) is 0 Å². The fourth-order valence-electron chi connectivity index (χ4n) is 0.525. The molecule has 0 aliphatic heterocycles. The summed E-state index contributed by atoms with van der Waals surface area (Å²) in [7, 11) is 1.80. The molecule has 1 atom stereocenters. The van der Waals surface area contributed by atoms with E-state index in [1.165, 1.54) is 0 Å². The molecule has 0 aromatic heterocycles. The second-order valence-corrected chi connectivity index (χ2v) is 1.93. The quantitative estimate of drug-likeness (QED) is 0.541. The molecule has 0 heterocycles. The fraction of sp³-hybridized carbons (Fsp3) is 0.714. The molecule has 0 aromatic rings. The van der Waals surface area contributed by atoms with Gasteiger partial charge in [-0.05, 0) is 7.05 Å². The molecule has 61 valence electrons. The summed E-state index contributed by atoms with van der Waals surface area (Å²) in [6.45, 7) is 0.512. The fourth-order valence-corrected chi connectivity index (χ4v) is 0.525. The maximum absolute atomic E-state index is 8.66. The SMILES string of the molecule is CNC(CO)CC#CCN.[Y]. The number of nitrogens with one attached hydrogen (secondary N) is 1. The van der Waals surface area contributed by atoms with E-state index in [9.17, 15) is 0 Å². The molecule has 0 saturated carbocycles. The van der Waals surface area contributed by atoms with Crippen LogP contribution >= 0.6 is 0 Å². The molecule has 0 rings (SSSR count). The third-order valence-electron chi connectivity index (χ3n) is 1.20. The summed E-state index contributed by atoms with van der Waals surface area (Å²) in [5.41, 5.74) is 5.14. The van der Waals surface area contributed by atoms with Gasteiger partial charge in [-0.3, -0.25) is 0 Å². The van der Waals surface area contributed by atoms with E-state index in [1.54, 1.807) is 7.05 Å². The van der Waals surface area contributed by atoms with Gasteiger partial charge in [-0.25, -0.2) is 0 Å². The molecule has 3 nitrogen and oxygen atoms in total. The van der Waals surface area contributed by atoms with Gasteiger partial charge in [0.25, 0.3) is 0 Å². The Morgan fingerprint density at radius 1 is 1.55 bits per heavy atom. The smallest absolute Gasteiger partial charge is 0.0593 e. The van der Waals surface area contributed by atoms with E-state index in [4.69, 9.17) is 10.8 Å². The molecule has 0 aliphatic carbocycles. The minimum atomic E-state index is 0. The Morgan fingerprint density at radius 2 is 2.18 bits per heavy atom. The van der Waals surface area contributed by atoms with Crippen molar-refractivity contribution < 1.29 is 37.8 Å². The molecule has 0 bridgehead atoms. The van der Waals surface area contributed by atoms with Crippen LogP contribution in [0.3, 0.4) is 0 Å². The predicted octanol–water partition coefficient (Wildman–Crippen LogP) is -1.08. The van der Waals surface area contributed by atoms with Crippen molar-refractivity contribution in [3.05, 3.63) is 0 Å². The zero-order valence-electron chi connectivity index (χ0n) is 6.80. The van der Waals surface area contributed by atoms with Crippen LogP contribution in [0.2, 0.25) is 0 Å².